The number of primary amides is 1. The summed E-state index contributed by atoms with van der Waals surface area (Å²) < 4.78 is 0. The Bertz CT molecular complexity index is 255. The zero-order chi connectivity index (χ0) is 13.1. The molecule has 17 heavy (non-hydrogen) atoms. The van der Waals surface area contributed by atoms with Gasteiger partial charge in [0.05, 0.1) is 5.54 Å². The van der Waals surface area contributed by atoms with Crippen molar-refractivity contribution in [2.45, 2.75) is 70.5 Å². The molecule has 0 radical (unpaired) electrons. The number of amides is 1. The van der Waals surface area contributed by atoms with Crippen molar-refractivity contribution in [2.24, 2.45) is 11.5 Å². The fourth-order valence-electron chi connectivity index (χ4n) is 2.67. The molecule has 100 valence electrons. The molecule has 1 amide bonds. The highest BCUT2D eigenvalue weighted by Crippen LogP contribution is 2.23. The molecule has 0 saturated carbocycles. The lowest BCUT2D eigenvalue weighted by Gasteiger charge is -2.39. The van der Waals surface area contributed by atoms with Crippen LogP contribution >= 0.6 is 0 Å². The van der Waals surface area contributed by atoms with E-state index in [1.807, 2.05) is 0 Å². The second-order valence-corrected chi connectivity index (χ2v) is 5.75. The van der Waals surface area contributed by atoms with Crippen LogP contribution in [0.2, 0.25) is 0 Å². The van der Waals surface area contributed by atoms with Gasteiger partial charge in [0.1, 0.15) is 0 Å². The molecule has 0 aromatic carbocycles. The van der Waals surface area contributed by atoms with Gasteiger partial charge in [-0.1, -0.05) is 6.42 Å². The molecule has 0 aromatic heterocycles. The summed E-state index contributed by atoms with van der Waals surface area (Å²) in [5.41, 5.74) is 10.3. The number of nitrogens with zero attached hydrogens (tertiary/aromatic N) is 1. The summed E-state index contributed by atoms with van der Waals surface area (Å²) in [6, 6.07) is 1.30. The maximum Gasteiger partial charge on any atom is 0.237 e. The van der Waals surface area contributed by atoms with Gasteiger partial charge in [-0.25, -0.2) is 0 Å². The Morgan fingerprint density at radius 1 is 1.35 bits per heavy atom. The smallest absolute Gasteiger partial charge is 0.237 e. The Labute approximate surface area is 105 Å². The fourth-order valence-corrected chi connectivity index (χ4v) is 2.67. The van der Waals surface area contributed by atoms with E-state index in [0.29, 0.717) is 18.5 Å². The topological polar surface area (TPSA) is 72.3 Å². The minimum Gasteiger partial charge on any atom is -0.368 e. The van der Waals surface area contributed by atoms with Gasteiger partial charge < -0.3 is 11.5 Å². The summed E-state index contributed by atoms with van der Waals surface area (Å²) in [5, 5.41) is 0. The van der Waals surface area contributed by atoms with Crippen molar-refractivity contribution in [2.75, 3.05) is 6.54 Å². The Morgan fingerprint density at radius 3 is 2.35 bits per heavy atom. The highest BCUT2D eigenvalue weighted by molar-refractivity contribution is 5.83. The number of rotatable bonds is 5. The molecule has 0 aliphatic carbocycles. The van der Waals surface area contributed by atoms with Crippen LogP contribution in [0.15, 0.2) is 0 Å². The first-order valence-electron chi connectivity index (χ1n) is 6.69. The van der Waals surface area contributed by atoms with Crippen LogP contribution in [0, 0.1) is 0 Å². The van der Waals surface area contributed by atoms with Gasteiger partial charge in [-0.2, -0.15) is 0 Å². The molecule has 0 spiro atoms. The Balaban J connectivity index is 2.37. The quantitative estimate of drug-likeness (QED) is 0.760. The first kappa shape index (κ1) is 14.5. The van der Waals surface area contributed by atoms with Crippen molar-refractivity contribution in [1.82, 2.24) is 4.90 Å². The second kappa shape index (κ2) is 5.83. The minimum absolute atomic E-state index is 0.405. The standard InChI is InChI=1S/C13H27N3O/c1-10-6-4-7-11(2)16(10)9-5-8-13(3,15)12(14)17/h10-11H,4-9,15H2,1-3H3,(H2,14,17). The van der Waals surface area contributed by atoms with Crippen LogP contribution in [0.5, 0.6) is 0 Å². The number of carbonyl (C=O) groups excluding carboxylic acids is 1. The lowest BCUT2D eigenvalue weighted by atomic mass is 9.94. The molecule has 1 heterocycles. The van der Waals surface area contributed by atoms with Crippen molar-refractivity contribution >= 4 is 5.91 Å². The number of hydrogen-bond acceptors (Lipinski definition) is 3. The molecule has 4 heteroatoms. The predicted molar refractivity (Wildman–Crippen MR) is 70.5 cm³/mol. The molecule has 1 aliphatic heterocycles. The zero-order valence-corrected chi connectivity index (χ0v) is 11.4. The second-order valence-electron chi connectivity index (χ2n) is 5.75. The Hall–Kier alpha value is -0.610. The number of hydrogen-bond donors (Lipinski definition) is 2. The van der Waals surface area contributed by atoms with Crippen LogP contribution in [0.25, 0.3) is 0 Å². The van der Waals surface area contributed by atoms with Gasteiger partial charge in [-0.15, -0.1) is 0 Å². The highest BCUT2D eigenvalue weighted by Gasteiger charge is 2.27. The third-order valence-corrected chi connectivity index (χ3v) is 4.05. The Kier molecular flexibility index (Phi) is 4.95. The van der Waals surface area contributed by atoms with E-state index >= 15 is 0 Å². The third-order valence-electron chi connectivity index (χ3n) is 4.05. The van der Waals surface area contributed by atoms with Gasteiger partial charge >= 0.3 is 0 Å². The summed E-state index contributed by atoms with van der Waals surface area (Å²) in [5.74, 6) is -0.405. The molecule has 4 nitrogen and oxygen atoms in total. The maximum atomic E-state index is 11.1. The van der Waals surface area contributed by atoms with Gasteiger partial charge in [0.2, 0.25) is 5.91 Å². The first-order chi connectivity index (χ1) is 7.84. The van der Waals surface area contributed by atoms with Crippen molar-refractivity contribution in [1.29, 1.82) is 0 Å². The molecule has 1 saturated heterocycles. The maximum absolute atomic E-state index is 11.1. The van der Waals surface area contributed by atoms with Crippen LogP contribution < -0.4 is 11.5 Å². The summed E-state index contributed by atoms with van der Waals surface area (Å²) in [6.07, 6.45) is 5.48. The summed E-state index contributed by atoms with van der Waals surface area (Å²) in [4.78, 5) is 13.6. The molecule has 1 fully saturated rings. The third kappa shape index (κ3) is 3.96. The number of piperidine rings is 1. The summed E-state index contributed by atoms with van der Waals surface area (Å²) >= 11 is 0. The van der Waals surface area contributed by atoms with Crippen LogP contribution in [0.4, 0.5) is 0 Å². The normalized spacial score (nSPS) is 29.9. The van der Waals surface area contributed by atoms with Crippen LogP contribution in [-0.2, 0) is 4.79 Å². The van der Waals surface area contributed by atoms with Crippen molar-refractivity contribution in [3.63, 3.8) is 0 Å². The fraction of sp³-hybridized carbons (Fsp3) is 0.923. The molecule has 3 unspecified atom stereocenters. The zero-order valence-electron chi connectivity index (χ0n) is 11.4. The SMILES string of the molecule is CC1CCCC(C)N1CCCC(C)(N)C(N)=O. The lowest BCUT2D eigenvalue weighted by Crippen LogP contribution is -2.50. The van der Waals surface area contributed by atoms with E-state index in [1.165, 1.54) is 19.3 Å². The molecule has 0 bridgehead atoms. The minimum atomic E-state index is -0.859. The highest BCUT2D eigenvalue weighted by atomic mass is 16.1. The van der Waals surface area contributed by atoms with E-state index in [2.05, 4.69) is 18.7 Å². The van der Waals surface area contributed by atoms with E-state index in [4.69, 9.17) is 11.5 Å². The molecule has 4 N–H and O–H groups in total. The van der Waals surface area contributed by atoms with Crippen LogP contribution in [0.1, 0.15) is 52.9 Å². The summed E-state index contributed by atoms with van der Waals surface area (Å²) in [7, 11) is 0. The largest absolute Gasteiger partial charge is 0.368 e. The number of carbonyl (C=O) groups is 1. The van der Waals surface area contributed by atoms with Gasteiger partial charge in [0.25, 0.3) is 0 Å². The molecule has 1 rings (SSSR count). The summed E-state index contributed by atoms with van der Waals surface area (Å²) in [6.45, 7) is 7.30. The van der Waals surface area contributed by atoms with Gasteiger partial charge in [-0.05, 0) is 53.0 Å². The molecule has 3 atom stereocenters. The predicted octanol–water partition coefficient (Wildman–Crippen LogP) is 1.23. The number of nitrogens with two attached hydrogens (primary N) is 2. The van der Waals surface area contributed by atoms with E-state index in [1.54, 1.807) is 6.92 Å². The first-order valence-corrected chi connectivity index (χ1v) is 6.69. The lowest BCUT2D eigenvalue weighted by molar-refractivity contribution is -0.122. The van der Waals surface area contributed by atoms with E-state index < -0.39 is 11.4 Å². The average molecular weight is 241 g/mol. The van der Waals surface area contributed by atoms with E-state index in [-0.39, 0.29) is 0 Å². The molecular formula is C13H27N3O. The van der Waals surface area contributed by atoms with Crippen LogP contribution in [0.3, 0.4) is 0 Å². The monoisotopic (exact) mass is 241 g/mol. The van der Waals surface area contributed by atoms with Crippen molar-refractivity contribution < 1.29 is 4.79 Å². The molecular weight excluding hydrogens is 214 g/mol. The van der Waals surface area contributed by atoms with E-state index in [9.17, 15) is 4.79 Å². The molecule has 1 aliphatic rings. The van der Waals surface area contributed by atoms with Crippen LogP contribution in [-0.4, -0.2) is 35.0 Å². The molecule has 0 aromatic rings. The van der Waals surface area contributed by atoms with Gasteiger partial charge in [0.15, 0.2) is 0 Å². The van der Waals surface area contributed by atoms with Gasteiger partial charge in [-0.3, -0.25) is 9.69 Å². The van der Waals surface area contributed by atoms with Crippen molar-refractivity contribution in [3.05, 3.63) is 0 Å². The Morgan fingerprint density at radius 2 is 1.88 bits per heavy atom. The van der Waals surface area contributed by atoms with Gasteiger partial charge in [0, 0.05) is 12.1 Å². The average Bonchev–Trinajstić information content (AvgIpc) is 2.22. The van der Waals surface area contributed by atoms with Crippen molar-refractivity contribution in [3.8, 4) is 0 Å². The van der Waals surface area contributed by atoms with E-state index in [0.717, 1.165) is 13.0 Å². The number of likely N-dealkylation sites (tertiary alicyclic amines) is 1.